The van der Waals surface area contributed by atoms with Gasteiger partial charge in [0.15, 0.2) is 0 Å². The average molecular weight is 262 g/mol. The van der Waals surface area contributed by atoms with Crippen molar-refractivity contribution in [2.45, 2.75) is 31.7 Å². The molecule has 5 nitrogen and oxygen atoms in total. The highest BCUT2D eigenvalue weighted by Crippen LogP contribution is 2.23. The molecule has 0 aromatic heterocycles. The van der Waals surface area contributed by atoms with Gasteiger partial charge < -0.3 is 9.64 Å². The number of anilines is 1. The number of hydrogen-bond donors (Lipinski definition) is 2. The Bertz CT molecular complexity index is 441. The molecule has 1 aliphatic carbocycles. The van der Waals surface area contributed by atoms with Crippen LogP contribution >= 0.6 is 0 Å². The number of aliphatic imine (C=N–C) groups is 1. The van der Waals surface area contributed by atoms with Gasteiger partial charge in [0.05, 0.1) is 13.2 Å². The zero-order valence-electron chi connectivity index (χ0n) is 11.6. The van der Waals surface area contributed by atoms with Crippen molar-refractivity contribution in [3.63, 3.8) is 0 Å². The second-order valence-corrected chi connectivity index (χ2v) is 4.80. The standard InChI is InChI=1S/C14H22N4O/c1-18(12-8-5-9-13(10-12)19-2)14(17-15)16-11-6-3-4-7-11/h5,8-11H,3-4,6-7,15H2,1-2H3,(H,16,17). The number of ether oxygens (including phenoxy) is 1. The Morgan fingerprint density at radius 2 is 2.16 bits per heavy atom. The van der Waals surface area contributed by atoms with Gasteiger partial charge in [-0.3, -0.25) is 5.43 Å². The summed E-state index contributed by atoms with van der Waals surface area (Å²) in [5, 5.41) is 0. The highest BCUT2D eigenvalue weighted by molar-refractivity contribution is 5.95. The summed E-state index contributed by atoms with van der Waals surface area (Å²) < 4.78 is 5.23. The van der Waals surface area contributed by atoms with Gasteiger partial charge in [0.25, 0.3) is 0 Å². The number of methoxy groups -OCH3 is 1. The second kappa shape index (κ2) is 6.43. The number of nitrogens with two attached hydrogens (primary N) is 1. The quantitative estimate of drug-likeness (QED) is 0.378. The van der Waals surface area contributed by atoms with Crippen LogP contribution in [-0.4, -0.2) is 26.2 Å². The van der Waals surface area contributed by atoms with E-state index >= 15 is 0 Å². The van der Waals surface area contributed by atoms with E-state index in [4.69, 9.17) is 15.6 Å². The minimum absolute atomic E-state index is 0.388. The van der Waals surface area contributed by atoms with Crippen LogP contribution in [0.5, 0.6) is 5.75 Å². The van der Waals surface area contributed by atoms with Gasteiger partial charge >= 0.3 is 0 Å². The Hall–Kier alpha value is -1.75. The van der Waals surface area contributed by atoms with E-state index in [0.29, 0.717) is 12.0 Å². The van der Waals surface area contributed by atoms with Crippen LogP contribution in [0.25, 0.3) is 0 Å². The van der Waals surface area contributed by atoms with Gasteiger partial charge in [-0.05, 0) is 25.0 Å². The number of benzene rings is 1. The maximum Gasteiger partial charge on any atom is 0.212 e. The minimum Gasteiger partial charge on any atom is -0.497 e. The fourth-order valence-corrected chi connectivity index (χ4v) is 2.37. The van der Waals surface area contributed by atoms with Crippen molar-refractivity contribution in [2.24, 2.45) is 10.8 Å². The fraction of sp³-hybridized carbons (Fsp3) is 0.500. The lowest BCUT2D eigenvalue weighted by atomic mass is 10.2. The lowest BCUT2D eigenvalue weighted by Gasteiger charge is -2.22. The summed E-state index contributed by atoms with van der Waals surface area (Å²) in [4.78, 5) is 6.64. The van der Waals surface area contributed by atoms with E-state index in [1.807, 2.05) is 36.2 Å². The van der Waals surface area contributed by atoms with E-state index in [9.17, 15) is 0 Å². The molecule has 0 amide bonds. The molecule has 0 atom stereocenters. The molecule has 0 spiro atoms. The third-order valence-electron chi connectivity index (χ3n) is 3.52. The summed E-state index contributed by atoms with van der Waals surface area (Å²) >= 11 is 0. The van der Waals surface area contributed by atoms with Crippen LogP contribution in [0.2, 0.25) is 0 Å². The SMILES string of the molecule is COc1cccc(N(C)C(=NC2CCCC2)NN)c1. The highest BCUT2D eigenvalue weighted by Gasteiger charge is 2.16. The summed E-state index contributed by atoms with van der Waals surface area (Å²) in [6, 6.07) is 8.22. The molecule has 0 aliphatic heterocycles. The molecule has 1 aromatic rings. The molecule has 104 valence electrons. The van der Waals surface area contributed by atoms with E-state index in [2.05, 4.69) is 5.43 Å². The average Bonchev–Trinajstić information content (AvgIpc) is 2.97. The summed E-state index contributed by atoms with van der Waals surface area (Å²) in [7, 11) is 3.61. The van der Waals surface area contributed by atoms with Gasteiger partial charge in [-0.15, -0.1) is 0 Å². The van der Waals surface area contributed by atoms with E-state index < -0.39 is 0 Å². The van der Waals surface area contributed by atoms with Crippen LogP contribution in [0.4, 0.5) is 5.69 Å². The van der Waals surface area contributed by atoms with Gasteiger partial charge in [0, 0.05) is 18.8 Å². The van der Waals surface area contributed by atoms with Crippen molar-refractivity contribution < 1.29 is 4.74 Å². The van der Waals surface area contributed by atoms with Crippen molar-refractivity contribution >= 4 is 11.6 Å². The zero-order valence-corrected chi connectivity index (χ0v) is 11.6. The van der Waals surface area contributed by atoms with E-state index in [-0.39, 0.29) is 0 Å². The van der Waals surface area contributed by atoms with E-state index in [1.54, 1.807) is 7.11 Å². The van der Waals surface area contributed by atoms with Crippen LogP contribution in [0, 0.1) is 0 Å². The normalized spacial score (nSPS) is 16.5. The molecule has 0 radical (unpaired) electrons. The molecule has 1 saturated carbocycles. The predicted molar refractivity (Wildman–Crippen MR) is 78.4 cm³/mol. The molecule has 1 fully saturated rings. The maximum atomic E-state index is 5.61. The van der Waals surface area contributed by atoms with E-state index in [1.165, 1.54) is 12.8 Å². The minimum atomic E-state index is 0.388. The van der Waals surface area contributed by atoms with Crippen molar-refractivity contribution in [1.82, 2.24) is 5.43 Å². The lowest BCUT2D eigenvalue weighted by Crippen LogP contribution is -2.43. The molecule has 5 heteroatoms. The molecule has 1 aliphatic rings. The Morgan fingerprint density at radius 3 is 2.79 bits per heavy atom. The molecular formula is C14H22N4O. The molecule has 3 N–H and O–H groups in total. The summed E-state index contributed by atoms with van der Waals surface area (Å²) in [6.45, 7) is 0. The third-order valence-corrected chi connectivity index (χ3v) is 3.52. The third kappa shape index (κ3) is 3.38. The van der Waals surface area contributed by atoms with Crippen molar-refractivity contribution in [2.75, 3.05) is 19.1 Å². The fourth-order valence-electron chi connectivity index (χ4n) is 2.37. The van der Waals surface area contributed by atoms with Crippen LogP contribution in [0.1, 0.15) is 25.7 Å². The number of nitrogens with zero attached hydrogens (tertiary/aromatic N) is 2. The number of guanidine groups is 1. The topological polar surface area (TPSA) is 62.9 Å². The highest BCUT2D eigenvalue weighted by atomic mass is 16.5. The van der Waals surface area contributed by atoms with Crippen LogP contribution < -0.4 is 20.9 Å². The monoisotopic (exact) mass is 262 g/mol. The molecular weight excluding hydrogens is 240 g/mol. The number of hydrazine groups is 1. The first kappa shape index (κ1) is 13.7. The molecule has 0 heterocycles. The first-order valence-electron chi connectivity index (χ1n) is 6.67. The Balaban J connectivity index is 2.16. The molecule has 2 rings (SSSR count). The smallest absolute Gasteiger partial charge is 0.212 e. The van der Waals surface area contributed by atoms with Crippen molar-refractivity contribution in [3.8, 4) is 5.75 Å². The number of hydrogen-bond acceptors (Lipinski definition) is 3. The Labute approximate surface area is 114 Å². The summed E-state index contributed by atoms with van der Waals surface area (Å²) in [6.07, 6.45) is 4.82. The van der Waals surface area contributed by atoms with Gasteiger partial charge in [0.1, 0.15) is 5.75 Å². The molecule has 0 unspecified atom stereocenters. The first-order valence-corrected chi connectivity index (χ1v) is 6.67. The van der Waals surface area contributed by atoms with Gasteiger partial charge in [-0.25, -0.2) is 10.8 Å². The van der Waals surface area contributed by atoms with E-state index in [0.717, 1.165) is 24.3 Å². The first-order chi connectivity index (χ1) is 9.24. The summed E-state index contributed by atoms with van der Waals surface area (Å²) in [5.41, 5.74) is 3.69. The lowest BCUT2D eigenvalue weighted by molar-refractivity contribution is 0.415. The molecule has 19 heavy (non-hydrogen) atoms. The molecule has 0 saturated heterocycles. The van der Waals surface area contributed by atoms with Crippen LogP contribution in [-0.2, 0) is 0 Å². The van der Waals surface area contributed by atoms with Crippen LogP contribution in [0.15, 0.2) is 29.3 Å². The second-order valence-electron chi connectivity index (χ2n) is 4.80. The van der Waals surface area contributed by atoms with Gasteiger partial charge in [-0.1, -0.05) is 18.9 Å². The molecule has 0 bridgehead atoms. The zero-order chi connectivity index (χ0) is 13.7. The Morgan fingerprint density at radius 1 is 1.42 bits per heavy atom. The molecule has 1 aromatic carbocycles. The largest absolute Gasteiger partial charge is 0.497 e. The number of rotatable bonds is 3. The van der Waals surface area contributed by atoms with Crippen molar-refractivity contribution in [1.29, 1.82) is 0 Å². The van der Waals surface area contributed by atoms with Gasteiger partial charge in [0.2, 0.25) is 5.96 Å². The number of nitrogens with one attached hydrogen (secondary N) is 1. The Kier molecular flexibility index (Phi) is 4.63. The predicted octanol–water partition coefficient (Wildman–Crippen LogP) is 1.89. The van der Waals surface area contributed by atoms with Crippen molar-refractivity contribution in [3.05, 3.63) is 24.3 Å². The van der Waals surface area contributed by atoms with Gasteiger partial charge in [-0.2, -0.15) is 0 Å². The van der Waals surface area contributed by atoms with Crippen LogP contribution in [0.3, 0.4) is 0 Å². The maximum absolute atomic E-state index is 5.61. The summed E-state index contributed by atoms with van der Waals surface area (Å²) in [5.74, 6) is 7.12.